The van der Waals surface area contributed by atoms with Gasteiger partial charge in [-0.2, -0.15) is 0 Å². The van der Waals surface area contributed by atoms with Crippen LogP contribution < -0.4 is 4.90 Å². The van der Waals surface area contributed by atoms with Crippen LogP contribution in [0.5, 0.6) is 0 Å². The smallest absolute Gasteiger partial charge is 0.267 e. The van der Waals surface area contributed by atoms with Crippen LogP contribution in [-0.2, 0) is 15.3 Å². The molecule has 0 saturated carbocycles. The number of halogens is 1. The maximum Gasteiger partial charge on any atom is 0.267 e. The highest BCUT2D eigenvalue weighted by molar-refractivity contribution is 9.10. The van der Waals surface area contributed by atoms with Crippen LogP contribution in [0, 0.1) is 10.8 Å². The standard InChI is InChI=1S/C21H26BrN3O2/c1-4-8-25-16-7-6-14(22)9-15(16)21(18(25)27)23-10-19(3)11-24(21)13-20(5-2,12-23)17(19)26/h6-7,9H,4-5,8,10-13H2,1-3H3. The Morgan fingerprint density at radius 1 is 1.07 bits per heavy atom. The highest BCUT2D eigenvalue weighted by Gasteiger charge is 2.72. The van der Waals surface area contributed by atoms with Crippen LogP contribution in [-0.4, -0.2) is 54.2 Å². The van der Waals surface area contributed by atoms with E-state index in [9.17, 15) is 9.59 Å². The molecule has 0 aliphatic carbocycles. The lowest BCUT2D eigenvalue weighted by molar-refractivity contribution is -0.231. The van der Waals surface area contributed by atoms with Crippen molar-refractivity contribution in [1.29, 1.82) is 0 Å². The van der Waals surface area contributed by atoms with Gasteiger partial charge < -0.3 is 4.90 Å². The predicted molar refractivity (Wildman–Crippen MR) is 107 cm³/mol. The molecule has 4 bridgehead atoms. The van der Waals surface area contributed by atoms with Gasteiger partial charge in [0.25, 0.3) is 5.91 Å². The molecule has 1 aromatic rings. The molecule has 2 unspecified atom stereocenters. The van der Waals surface area contributed by atoms with Gasteiger partial charge in [-0.3, -0.25) is 19.4 Å². The molecule has 1 spiro atoms. The van der Waals surface area contributed by atoms with Gasteiger partial charge in [0.15, 0.2) is 5.66 Å². The highest BCUT2D eigenvalue weighted by Crippen LogP contribution is 2.59. The second-order valence-corrected chi connectivity index (χ2v) is 9.94. The highest BCUT2D eigenvalue weighted by atomic mass is 79.9. The van der Waals surface area contributed by atoms with Gasteiger partial charge in [-0.15, -0.1) is 0 Å². The number of hydrogen-bond donors (Lipinski definition) is 0. The minimum absolute atomic E-state index is 0.165. The summed E-state index contributed by atoms with van der Waals surface area (Å²) < 4.78 is 0.996. The van der Waals surface area contributed by atoms with Crippen LogP contribution in [0.1, 0.15) is 39.2 Å². The number of carbonyl (C=O) groups excluding carboxylic acids is 2. The van der Waals surface area contributed by atoms with E-state index in [0.29, 0.717) is 32.0 Å². The van der Waals surface area contributed by atoms with Crippen molar-refractivity contribution < 1.29 is 9.59 Å². The van der Waals surface area contributed by atoms with Crippen LogP contribution in [0.3, 0.4) is 0 Å². The Bertz CT molecular complexity index is 851. The lowest BCUT2D eigenvalue weighted by atomic mass is 9.58. The third kappa shape index (κ3) is 1.92. The number of amides is 1. The molecule has 1 amide bonds. The molecule has 2 atom stereocenters. The zero-order valence-electron chi connectivity index (χ0n) is 16.2. The van der Waals surface area contributed by atoms with Gasteiger partial charge >= 0.3 is 0 Å². The Hall–Kier alpha value is -1.24. The van der Waals surface area contributed by atoms with Crippen LogP contribution in [0.15, 0.2) is 22.7 Å². The molecule has 0 aromatic heterocycles. The van der Waals surface area contributed by atoms with E-state index in [2.05, 4.69) is 58.6 Å². The molecule has 27 heavy (non-hydrogen) atoms. The van der Waals surface area contributed by atoms with E-state index in [1.54, 1.807) is 0 Å². The Balaban J connectivity index is 1.72. The molecule has 1 aromatic carbocycles. The SMILES string of the molecule is CCCN1C(=O)C2(c3cc(Br)ccc31)N1CC3(C)CN2CC(CC)(C1)C3=O. The number of Topliss-reactive ketones (excluding diaryl/α,β-unsaturated/α-hetero) is 1. The molecule has 5 heterocycles. The van der Waals surface area contributed by atoms with Crippen LogP contribution >= 0.6 is 15.9 Å². The Labute approximate surface area is 168 Å². The lowest BCUT2D eigenvalue weighted by Crippen LogP contribution is -2.83. The Morgan fingerprint density at radius 3 is 2.33 bits per heavy atom. The summed E-state index contributed by atoms with van der Waals surface area (Å²) in [6.45, 7) is 9.76. The predicted octanol–water partition coefficient (Wildman–Crippen LogP) is 2.98. The first-order valence-electron chi connectivity index (χ1n) is 9.99. The molecule has 6 rings (SSSR count). The average Bonchev–Trinajstić information content (AvgIpc) is 2.85. The topological polar surface area (TPSA) is 43.9 Å². The van der Waals surface area contributed by atoms with Gasteiger partial charge in [0.1, 0.15) is 5.78 Å². The van der Waals surface area contributed by atoms with E-state index in [0.717, 1.165) is 35.1 Å². The molecule has 144 valence electrons. The summed E-state index contributed by atoms with van der Waals surface area (Å²) in [6, 6.07) is 6.21. The summed E-state index contributed by atoms with van der Waals surface area (Å²) in [6.07, 6.45) is 1.76. The van der Waals surface area contributed by atoms with E-state index in [-0.39, 0.29) is 16.7 Å². The second-order valence-electron chi connectivity index (χ2n) is 9.03. The van der Waals surface area contributed by atoms with Crippen LogP contribution in [0.4, 0.5) is 5.69 Å². The Morgan fingerprint density at radius 2 is 1.74 bits per heavy atom. The van der Waals surface area contributed by atoms with Gasteiger partial charge in [-0.25, -0.2) is 0 Å². The van der Waals surface area contributed by atoms with E-state index >= 15 is 0 Å². The number of ketones is 1. The fourth-order valence-corrected chi connectivity index (χ4v) is 6.61. The fraction of sp³-hybridized carbons (Fsp3) is 0.619. The van der Waals surface area contributed by atoms with Crippen molar-refractivity contribution in [3.63, 3.8) is 0 Å². The van der Waals surface area contributed by atoms with Gasteiger partial charge in [0.2, 0.25) is 0 Å². The quantitative estimate of drug-likeness (QED) is 0.737. The monoisotopic (exact) mass is 431 g/mol. The molecule has 5 nitrogen and oxygen atoms in total. The van der Waals surface area contributed by atoms with Crippen LogP contribution in [0.25, 0.3) is 0 Å². The van der Waals surface area contributed by atoms with Crippen molar-refractivity contribution in [3.8, 4) is 0 Å². The van der Waals surface area contributed by atoms with Crippen LogP contribution in [0.2, 0.25) is 0 Å². The summed E-state index contributed by atoms with van der Waals surface area (Å²) in [4.78, 5) is 33.8. The maximum absolute atomic E-state index is 13.9. The van der Waals surface area contributed by atoms with Gasteiger partial charge in [-0.05, 0) is 31.0 Å². The zero-order valence-corrected chi connectivity index (χ0v) is 17.8. The molecule has 5 aliphatic heterocycles. The number of piperidine rings is 2. The number of fused-ring (bicyclic) bond motifs is 1. The molecule has 4 fully saturated rings. The van der Waals surface area contributed by atoms with Gasteiger partial charge in [0, 0.05) is 42.8 Å². The molecule has 0 radical (unpaired) electrons. The largest absolute Gasteiger partial charge is 0.309 e. The van der Waals surface area contributed by atoms with Crippen molar-refractivity contribution in [1.82, 2.24) is 9.80 Å². The fourth-order valence-electron chi connectivity index (χ4n) is 6.25. The molecule has 6 heteroatoms. The first kappa shape index (κ1) is 17.8. The molecule has 4 saturated heterocycles. The van der Waals surface area contributed by atoms with Crippen molar-refractivity contribution in [2.75, 3.05) is 37.6 Å². The third-order valence-electron chi connectivity index (χ3n) is 7.30. The third-order valence-corrected chi connectivity index (χ3v) is 7.80. The summed E-state index contributed by atoms with van der Waals surface area (Å²) in [5.41, 5.74) is 0.660. The molecular weight excluding hydrogens is 406 g/mol. The normalized spacial score (nSPS) is 41.7. The van der Waals surface area contributed by atoms with E-state index < -0.39 is 5.66 Å². The summed E-state index contributed by atoms with van der Waals surface area (Å²) >= 11 is 3.62. The van der Waals surface area contributed by atoms with Crippen molar-refractivity contribution >= 4 is 33.3 Å². The van der Waals surface area contributed by atoms with Crippen molar-refractivity contribution in [3.05, 3.63) is 28.2 Å². The van der Waals surface area contributed by atoms with Crippen molar-refractivity contribution in [2.45, 2.75) is 39.3 Å². The molecule has 5 aliphatic rings. The number of carbonyl (C=O) groups is 2. The van der Waals surface area contributed by atoms with E-state index in [4.69, 9.17) is 0 Å². The van der Waals surface area contributed by atoms with E-state index in [1.165, 1.54) is 0 Å². The number of hydrogen-bond acceptors (Lipinski definition) is 4. The first-order valence-corrected chi connectivity index (χ1v) is 10.8. The van der Waals surface area contributed by atoms with Gasteiger partial charge in [-0.1, -0.05) is 36.7 Å². The van der Waals surface area contributed by atoms with Gasteiger partial charge in [0.05, 0.1) is 16.5 Å². The summed E-state index contributed by atoms with van der Waals surface area (Å²) in [5.74, 6) is 0.573. The molecule has 0 N–H and O–H groups in total. The minimum atomic E-state index is -0.743. The number of nitrogens with zero attached hydrogens (tertiary/aromatic N) is 3. The minimum Gasteiger partial charge on any atom is -0.309 e. The number of anilines is 1. The lowest BCUT2D eigenvalue weighted by Gasteiger charge is -2.68. The summed E-state index contributed by atoms with van der Waals surface area (Å²) in [5, 5.41) is 0. The second kappa shape index (κ2) is 5.43. The summed E-state index contributed by atoms with van der Waals surface area (Å²) in [7, 11) is 0. The first-order chi connectivity index (χ1) is 12.8. The number of benzene rings is 1. The molecular formula is C21H26BrN3O2. The maximum atomic E-state index is 13.9. The van der Waals surface area contributed by atoms with Crippen molar-refractivity contribution in [2.24, 2.45) is 10.8 Å². The number of rotatable bonds is 3. The zero-order chi connectivity index (χ0) is 19.2. The van der Waals surface area contributed by atoms with E-state index in [1.807, 2.05) is 11.0 Å². The average molecular weight is 432 g/mol. The Kier molecular flexibility index (Phi) is 3.58.